The van der Waals surface area contributed by atoms with Gasteiger partial charge in [0.05, 0.1) is 0 Å². The van der Waals surface area contributed by atoms with Crippen molar-refractivity contribution in [1.29, 1.82) is 0 Å². The van der Waals surface area contributed by atoms with Crippen LogP contribution in [0.3, 0.4) is 0 Å². The molecular weight excluding hydrogens is 360 g/mol. The van der Waals surface area contributed by atoms with Gasteiger partial charge in [0.1, 0.15) is 0 Å². The first-order valence-electron chi connectivity index (χ1n) is 10.9. The number of unbranched alkanes of at least 4 members (excludes halogenated alkanes) is 1. The number of carbonyl (C=O) groups excluding carboxylic acids is 2. The summed E-state index contributed by atoms with van der Waals surface area (Å²) < 4.78 is 0. The van der Waals surface area contributed by atoms with Crippen LogP contribution in [0.15, 0.2) is 54.6 Å². The van der Waals surface area contributed by atoms with Gasteiger partial charge >= 0.3 is 0 Å². The van der Waals surface area contributed by atoms with Crippen LogP contribution in [0.4, 0.5) is 5.69 Å². The van der Waals surface area contributed by atoms with Crippen LogP contribution in [0.1, 0.15) is 67.3 Å². The molecule has 1 aliphatic heterocycles. The Kier molecular flexibility index (Phi) is 8.00. The Morgan fingerprint density at radius 1 is 1.00 bits per heavy atom. The minimum absolute atomic E-state index is 0.0581. The second kappa shape index (κ2) is 10.9. The van der Waals surface area contributed by atoms with Crippen LogP contribution in [0.2, 0.25) is 0 Å². The number of piperidine rings is 1. The fourth-order valence-corrected chi connectivity index (χ4v) is 4.00. The Morgan fingerprint density at radius 2 is 1.76 bits per heavy atom. The molecule has 4 nitrogen and oxygen atoms in total. The molecule has 0 aromatic heterocycles. The predicted molar refractivity (Wildman–Crippen MR) is 118 cm³/mol. The van der Waals surface area contributed by atoms with Gasteiger partial charge < -0.3 is 10.2 Å². The molecule has 1 amide bonds. The molecule has 0 aliphatic carbocycles. The van der Waals surface area contributed by atoms with Gasteiger partial charge in [-0.2, -0.15) is 0 Å². The second-order valence-electron chi connectivity index (χ2n) is 7.89. The van der Waals surface area contributed by atoms with Crippen molar-refractivity contribution < 1.29 is 9.59 Å². The van der Waals surface area contributed by atoms with Gasteiger partial charge in [0.15, 0.2) is 5.78 Å². The molecule has 29 heavy (non-hydrogen) atoms. The van der Waals surface area contributed by atoms with Crippen LogP contribution in [0, 0.1) is 0 Å². The number of ketones is 1. The van der Waals surface area contributed by atoms with E-state index in [1.165, 1.54) is 5.56 Å². The number of Topliss-reactive ketones (excluding diaryl/α,β-unsaturated/α-hetero) is 1. The number of nitrogens with one attached hydrogen (secondary N) is 1. The van der Waals surface area contributed by atoms with Gasteiger partial charge in [-0.1, -0.05) is 49.4 Å². The molecule has 0 atom stereocenters. The highest BCUT2D eigenvalue weighted by atomic mass is 16.1. The van der Waals surface area contributed by atoms with E-state index in [0.29, 0.717) is 18.8 Å². The van der Waals surface area contributed by atoms with E-state index in [1.807, 2.05) is 49.4 Å². The summed E-state index contributed by atoms with van der Waals surface area (Å²) in [6.07, 6.45) is 5.45. The zero-order valence-electron chi connectivity index (χ0n) is 17.4. The Bertz CT molecular complexity index is 795. The lowest BCUT2D eigenvalue weighted by atomic mass is 9.89. The monoisotopic (exact) mass is 392 g/mol. The SMILES string of the molecule is CCC(=O)Nc1cccc(C2CCN(CCCCC(=O)c3ccccc3)CC2)c1. The van der Waals surface area contributed by atoms with Crippen LogP contribution in [0.25, 0.3) is 0 Å². The summed E-state index contributed by atoms with van der Waals surface area (Å²) >= 11 is 0. The van der Waals surface area contributed by atoms with Gasteiger partial charge in [-0.3, -0.25) is 9.59 Å². The van der Waals surface area contributed by atoms with Crippen molar-refractivity contribution in [3.05, 3.63) is 65.7 Å². The zero-order chi connectivity index (χ0) is 20.5. The summed E-state index contributed by atoms with van der Waals surface area (Å²) in [5.74, 6) is 0.867. The molecule has 0 unspecified atom stereocenters. The van der Waals surface area contributed by atoms with Crippen molar-refractivity contribution in [2.24, 2.45) is 0 Å². The number of hydrogen-bond donors (Lipinski definition) is 1. The minimum Gasteiger partial charge on any atom is -0.326 e. The smallest absolute Gasteiger partial charge is 0.224 e. The Morgan fingerprint density at radius 3 is 2.48 bits per heavy atom. The van der Waals surface area contributed by atoms with Crippen molar-refractivity contribution in [2.45, 2.75) is 51.4 Å². The number of amides is 1. The van der Waals surface area contributed by atoms with E-state index in [9.17, 15) is 9.59 Å². The lowest BCUT2D eigenvalue weighted by Crippen LogP contribution is -2.33. The molecule has 0 spiro atoms. The number of likely N-dealkylation sites (tertiary alicyclic amines) is 1. The van der Waals surface area contributed by atoms with Crippen molar-refractivity contribution >= 4 is 17.4 Å². The zero-order valence-corrected chi connectivity index (χ0v) is 17.4. The van der Waals surface area contributed by atoms with E-state index >= 15 is 0 Å². The van der Waals surface area contributed by atoms with E-state index in [0.717, 1.165) is 56.6 Å². The largest absolute Gasteiger partial charge is 0.326 e. The van der Waals surface area contributed by atoms with Gasteiger partial charge in [0, 0.05) is 24.1 Å². The maximum absolute atomic E-state index is 12.2. The molecule has 154 valence electrons. The number of nitrogens with zero attached hydrogens (tertiary/aromatic N) is 1. The number of anilines is 1. The average molecular weight is 393 g/mol. The first-order chi connectivity index (χ1) is 14.2. The van der Waals surface area contributed by atoms with Crippen molar-refractivity contribution in [1.82, 2.24) is 4.90 Å². The predicted octanol–water partition coefficient (Wildman–Crippen LogP) is 5.27. The van der Waals surface area contributed by atoms with Gasteiger partial charge in [-0.15, -0.1) is 0 Å². The van der Waals surface area contributed by atoms with Crippen LogP contribution in [-0.2, 0) is 4.79 Å². The summed E-state index contributed by atoms with van der Waals surface area (Å²) in [4.78, 5) is 26.3. The first-order valence-corrected chi connectivity index (χ1v) is 10.9. The molecule has 1 N–H and O–H groups in total. The van der Waals surface area contributed by atoms with E-state index in [-0.39, 0.29) is 11.7 Å². The summed E-state index contributed by atoms with van der Waals surface area (Å²) in [5, 5.41) is 2.96. The molecular formula is C25H32N2O2. The molecule has 0 saturated carbocycles. The van der Waals surface area contributed by atoms with Gasteiger partial charge in [-0.25, -0.2) is 0 Å². The van der Waals surface area contributed by atoms with E-state index in [4.69, 9.17) is 0 Å². The Labute approximate surface area is 174 Å². The molecule has 1 aliphatic rings. The van der Waals surface area contributed by atoms with Crippen LogP contribution in [-0.4, -0.2) is 36.2 Å². The quantitative estimate of drug-likeness (QED) is 0.467. The third kappa shape index (κ3) is 6.53. The number of hydrogen-bond acceptors (Lipinski definition) is 3. The highest BCUT2D eigenvalue weighted by Crippen LogP contribution is 2.29. The third-order valence-corrected chi connectivity index (χ3v) is 5.77. The fraction of sp³-hybridized carbons (Fsp3) is 0.440. The third-order valence-electron chi connectivity index (χ3n) is 5.77. The lowest BCUT2D eigenvalue weighted by Gasteiger charge is -2.32. The van der Waals surface area contributed by atoms with Crippen LogP contribution in [0.5, 0.6) is 0 Å². The molecule has 0 bridgehead atoms. The number of benzene rings is 2. The fourth-order valence-electron chi connectivity index (χ4n) is 4.00. The van der Waals surface area contributed by atoms with Crippen molar-refractivity contribution in [3.63, 3.8) is 0 Å². The van der Waals surface area contributed by atoms with Crippen LogP contribution < -0.4 is 5.32 Å². The second-order valence-corrected chi connectivity index (χ2v) is 7.89. The topological polar surface area (TPSA) is 49.4 Å². The molecule has 2 aromatic carbocycles. The summed E-state index contributed by atoms with van der Waals surface area (Å²) in [7, 11) is 0. The maximum Gasteiger partial charge on any atom is 0.224 e. The lowest BCUT2D eigenvalue weighted by molar-refractivity contribution is -0.115. The molecule has 1 heterocycles. The van der Waals surface area contributed by atoms with E-state index in [1.54, 1.807) is 0 Å². The summed E-state index contributed by atoms with van der Waals surface area (Å²) in [5.41, 5.74) is 3.05. The standard InChI is InChI=1S/C25H32N2O2/c1-2-25(29)26-23-12-8-11-22(19-23)20-14-17-27(18-15-20)16-7-6-13-24(28)21-9-4-3-5-10-21/h3-5,8-12,19-20H,2,6-7,13-18H2,1H3,(H,26,29). The molecule has 4 heteroatoms. The summed E-state index contributed by atoms with van der Waals surface area (Å²) in [6, 6.07) is 17.9. The first kappa shape index (κ1) is 21.3. The molecule has 1 saturated heterocycles. The van der Waals surface area contributed by atoms with E-state index in [2.05, 4.69) is 22.3 Å². The average Bonchev–Trinajstić information content (AvgIpc) is 2.77. The highest BCUT2D eigenvalue weighted by molar-refractivity contribution is 5.95. The molecule has 0 radical (unpaired) electrons. The van der Waals surface area contributed by atoms with Gasteiger partial charge in [0.2, 0.25) is 5.91 Å². The Hall–Kier alpha value is -2.46. The van der Waals surface area contributed by atoms with Crippen molar-refractivity contribution in [3.8, 4) is 0 Å². The van der Waals surface area contributed by atoms with E-state index < -0.39 is 0 Å². The molecule has 1 fully saturated rings. The maximum atomic E-state index is 12.2. The van der Waals surface area contributed by atoms with Gasteiger partial charge in [-0.05, 0) is 68.9 Å². The summed E-state index contributed by atoms with van der Waals surface area (Å²) in [6.45, 7) is 5.14. The normalized spacial score (nSPS) is 15.2. The molecule has 2 aromatic rings. The number of carbonyl (C=O) groups is 2. The van der Waals surface area contributed by atoms with Crippen molar-refractivity contribution in [2.75, 3.05) is 25.0 Å². The minimum atomic E-state index is 0.0581. The number of rotatable bonds is 9. The van der Waals surface area contributed by atoms with Gasteiger partial charge in [0.25, 0.3) is 0 Å². The Balaban J connectivity index is 1.38. The highest BCUT2D eigenvalue weighted by Gasteiger charge is 2.20. The molecule has 3 rings (SSSR count). The van der Waals surface area contributed by atoms with Crippen LogP contribution >= 0.6 is 0 Å².